The molecule has 0 spiro atoms. The second-order valence-electron chi connectivity index (χ2n) is 0.874. The molecule has 0 aliphatic carbocycles. The summed E-state index contributed by atoms with van der Waals surface area (Å²) in [6.07, 6.45) is 0.458. The lowest BCUT2D eigenvalue weighted by Gasteiger charge is -2.15. The lowest BCUT2D eigenvalue weighted by atomic mass is 11.4. The summed E-state index contributed by atoms with van der Waals surface area (Å²) in [6.45, 7) is 0. The summed E-state index contributed by atoms with van der Waals surface area (Å²) in [5.74, 6) is 0. The van der Waals surface area contributed by atoms with Crippen molar-refractivity contribution in [3.05, 3.63) is 5.21 Å². The highest BCUT2D eigenvalue weighted by Gasteiger charge is 1.97. The molecule has 0 aromatic carbocycles. The number of hydrazine groups is 1. The summed E-state index contributed by atoms with van der Waals surface area (Å²) in [4.78, 5) is 0. The molecule has 0 amide bonds. The zero-order valence-electron chi connectivity index (χ0n) is 2.97. The lowest BCUT2D eigenvalue weighted by molar-refractivity contribution is 0.109. The molecule has 1 fully saturated rings. The summed E-state index contributed by atoms with van der Waals surface area (Å²) in [5.41, 5.74) is 2.11. The smallest absolute Gasteiger partial charge is 0.0568 e. The van der Waals surface area contributed by atoms with Gasteiger partial charge in [-0.25, -0.2) is 0 Å². The molecule has 0 radical (unpaired) electrons. The Labute approximate surface area is 36.8 Å². The van der Waals surface area contributed by atoms with Gasteiger partial charge in [0.15, 0.2) is 0 Å². The minimum absolute atomic E-state index is 0.291. The van der Waals surface area contributed by atoms with Crippen molar-refractivity contribution in [2.75, 3.05) is 6.29 Å². The maximum Gasteiger partial charge on any atom is 0.0568 e. The van der Waals surface area contributed by atoms with E-state index in [4.69, 9.17) is 0 Å². The van der Waals surface area contributed by atoms with Crippen LogP contribution in [0.2, 0.25) is 0 Å². The van der Waals surface area contributed by atoms with Crippen LogP contribution >= 0.6 is 8.81 Å². The largest absolute Gasteiger partial charge is 0.770 e. The van der Waals surface area contributed by atoms with E-state index in [1.54, 1.807) is 0 Å². The number of nitrogens with zero attached hydrogens (tertiary/aromatic N) is 1. The van der Waals surface area contributed by atoms with Crippen LogP contribution in [0, 0.1) is 5.21 Å². The Balaban J connectivity index is 2.18. The Bertz CT molecular complexity index is 44.8. The highest BCUT2D eigenvalue weighted by atomic mass is 31.1. The summed E-state index contributed by atoms with van der Waals surface area (Å²) < 4.78 is 4.45. The molecule has 1 unspecified atom stereocenters. The van der Waals surface area contributed by atoms with Crippen LogP contribution in [-0.4, -0.2) is 11.5 Å². The Morgan fingerprint density at radius 3 is 3.00 bits per heavy atom. The molecular formula is CH4N2O2P-. The highest BCUT2D eigenvalue weighted by molar-refractivity contribution is 7.32. The normalized spacial score (nSPS) is 29.5. The van der Waals surface area contributed by atoms with Gasteiger partial charge in [0.25, 0.3) is 0 Å². The van der Waals surface area contributed by atoms with Gasteiger partial charge < -0.3 is 5.21 Å². The average Bonchev–Trinajstić information content (AvgIpc) is 1.86. The van der Waals surface area contributed by atoms with Crippen LogP contribution in [0.4, 0.5) is 0 Å². The Morgan fingerprint density at radius 1 is 2.00 bits per heavy atom. The van der Waals surface area contributed by atoms with Gasteiger partial charge in [0.05, 0.1) is 8.81 Å². The minimum atomic E-state index is 0.291. The molecule has 1 saturated heterocycles. The van der Waals surface area contributed by atoms with Crippen molar-refractivity contribution in [2.45, 2.75) is 0 Å². The fourth-order valence-corrected chi connectivity index (χ4v) is 0.619. The second kappa shape index (κ2) is 1.82. The molecule has 1 atom stereocenters. The van der Waals surface area contributed by atoms with E-state index in [1.807, 2.05) is 0 Å². The molecule has 0 bridgehead atoms. The van der Waals surface area contributed by atoms with Crippen LogP contribution in [0.1, 0.15) is 0 Å². The zero-order chi connectivity index (χ0) is 4.41. The van der Waals surface area contributed by atoms with Crippen LogP contribution in [0.15, 0.2) is 0 Å². The molecule has 1 aliphatic rings. The van der Waals surface area contributed by atoms with Gasteiger partial charge in [-0.2, -0.15) is 0 Å². The van der Waals surface area contributed by atoms with Gasteiger partial charge >= 0.3 is 0 Å². The Hall–Kier alpha value is 0.270. The molecule has 0 aromatic rings. The molecule has 1 heterocycles. The molecule has 1 aliphatic heterocycles. The first-order valence-electron chi connectivity index (χ1n) is 1.48. The number of hydrogen-bond acceptors (Lipinski definition) is 4. The van der Waals surface area contributed by atoms with E-state index in [-0.39, 0.29) is 0 Å². The molecular weight excluding hydrogens is 103 g/mol. The van der Waals surface area contributed by atoms with Gasteiger partial charge in [-0.05, 0) is 0 Å². The van der Waals surface area contributed by atoms with Gasteiger partial charge in [0.2, 0.25) is 0 Å². The monoisotopic (exact) mass is 107 g/mol. The van der Waals surface area contributed by atoms with Crippen molar-refractivity contribution in [3.8, 4) is 0 Å². The third-order valence-electron chi connectivity index (χ3n) is 0.428. The number of hydroxylamine groups is 1. The summed E-state index contributed by atoms with van der Waals surface area (Å²) >= 11 is 0. The van der Waals surface area contributed by atoms with Crippen molar-refractivity contribution < 1.29 is 4.62 Å². The van der Waals surface area contributed by atoms with Crippen LogP contribution in [0.3, 0.4) is 0 Å². The molecule has 1 rings (SSSR count). The summed E-state index contributed by atoms with van der Waals surface area (Å²) in [5, 5.41) is 10.6. The summed E-state index contributed by atoms with van der Waals surface area (Å²) in [6, 6.07) is 0. The number of nitrogens with one attached hydrogen (secondary N) is 1. The predicted molar refractivity (Wildman–Crippen MR) is 22.6 cm³/mol. The molecule has 0 aromatic heterocycles. The topological polar surface area (TPSA) is 47.6 Å². The molecule has 5 heteroatoms. The molecule has 0 saturated carbocycles. The van der Waals surface area contributed by atoms with E-state index < -0.39 is 0 Å². The second-order valence-corrected chi connectivity index (χ2v) is 1.68. The Morgan fingerprint density at radius 2 is 2.83 bits per heavy atom. The first-order chi connectivity index (χ1) is 2.89. The van der Waals surface area contributed by atoms with Gasteiger partial charge in [-0.3, -0.25) is 9.80 Å². The van der Waals surface area contributed by atoms with E-state index >= 15 is 0 Å². The minimum Gasteiger partial charge on any atom is -0.770 e. The van der Waals surface area contributed by atoms with E-state index in [0.717, 1.165) is 0 Å². The van der Waals surface area contributed by atoms with Crippen molar-refractivity contribution in [3.63, 3.8) is 0 Å². The predicted octanol–water partition coefficient (Wildman–Crippen LogP) is -0.213. The van der Waals surface area contributed by atoms with Crippen molar-refractivity contribution in [1.29, 1.82) is 0 Å². The fourth-order valence-electron chi connectivity index (χ4n) is 0.206. The SMILES string of the molecule is [O-]N1CPON1. The van der Waals surface area contributed by atoms with Crippen LogP contribution in [0.5, 0.6) is 0 Å². The highest BCUT2D eigenvalue weighted by Crippen LogP contribution is 2.15. The average molecular weight is 107 g/mol. The standard InChI is InChI=1S/CH4N2O2P/c4-3-1-6-5-2-3/h2,6H,1H2/q-1. The fraction of sp³-hybridized carbons (Fsp3) is 1.00. The van der Waals surface area contributed by atoms with E-state index in [2.05, 4.69) is 10.2 Å². The maximum atomic E-state index is 9.93. The lowest BCUT2D eigenvalue weighted by Crippen LogP contribution is -2.22. The number of hydrogen-bond donors (Lipinski definition) is 1. The van der Waals surface area contributed by atoms with Crippen LogP contribution in [-0.2, 0) is 4.62 Å². The van der Waals surface area contributed by atoms with Crippen molar-refractivity contribution in [2.24, 2.45) is 0 Å². The van der Waals surface area contributed by atoms with Gasteiger partial charge in [-0.1, -0.05) is 0 Å². The third-order valence-corrected chi connectivity index (χ3v) is 1.08. The number of rotatable bonds is 0. The van der Waals surface area contributed by atoms with Crippen LogP contribution in [0.25, 0.3) is 0 Å². The van der Waals surface area contributed by atoms with Gasteiger partial charge in [0, 0.05) is 6.29 Å². The maximum absolute atomic E-state index is 9.93. The summed E-state index contributed by atoms with van der Waals surface area (Å²) in [7, 11) is 0.291. The van der Waals surface area contributed by atoms with Crippen molar-refractivity contribution >= 4 is 8.81 Å². The van der Waals surface area contributed by atoms with E-state index in [1.165, 1.54) is 0 Å². The third kappa shape index (κ3) is 0.864. The van der Waals surface area contributed by atoms with E-state index in [0.29, 0.717) is 20.3 Å². The molecule has 6 heavy (non-hydrogen) atoms. The first kappa shape index (κ1) is 4.43. The van der Waals surface area contributed by atoms with Crippen LogP contribution < -0.4 is 5.59 Å². The molecule has 1 N–H and O–H groups in total. The van der Waals surface area contributed by atoms with Crippen molar-refractivity contribution in [1.82, 2.24) is 10.8 Å². The van der Waals surface area contributed by atoms with Gasteiger partial charge in [0.1, 0.15) is 0 Å². The molecule has 36 valence electrons. The van der Waals surface area contributed by atoms with Gasteiger partial charge in [-0.15, -0.1) is 5.59 Å². The van der Waals surface area contributed by atoms with E-state index in [9.17, 15) is 5.21 Å². The zero-order valence-corrected chi connectivity index (χ0v) is 3.97. The molecule has 4 nitrogen and oxygen atoms in total. The quantitative estimate of drug-likeness (QED) is 0.435. The Kier molecular flexibility index (Phi) is 1.34. The first-order valence-corrected chi connectivity index (χ1v) is 2.60.